The van der Waals surface area contributed by atoms with Gasteiger partial charge in [-0.15, -0.1) is 11.3 Å². The third kappa shape index (κ3) is 4.82. The first kappa shape index (κ1) is 15.4. The second-order valence-electron chi connectivity index (χ2n) is 4.26. The summed E-state index contributed by atoms with van der Waals surface area (Å²) in [6, 6.07) is -0.0755. The van der Waals surface area contributed by atoms with Crippen molar-refractivity contribution in [1.82, 2.24) is 9.88 Å². The fraction of sp³-hybridized carbons (Fsp3) is 0.462. The van der Waals surface area contributed by atoms with E-state index in [9.17, 15) is 9.59 Å². The second kappa shape index (κ2) is 7.04. The number of aromatic nitrogens is 1. The van der Waals surface area contributed by atoms with Crippen molar-refractivity contribution >= 4 is 29.3 Å². The van der Waals surface area contributed by atoms with Crippen LogP contribution in [-0.2, 0) is 14.3 Å². The smallest absolute Gasteiger partial charge is 0.325 e. The summed E-state index contributed by atoms with van der Waals surface area (Å²) >= 11 is 1.52. The molecule has 0 fully saturated rings. The fourth-order valence-electron chi connectivity index (χ4n) is 1.43. The zero-order valence-electron chi connectivity index (χ0n) is 11.5. The van der Waals surface area contributed by atoms with E-state index in [0.29, 0.717) is 0 Å². The molecule has 0 bridgehead atoms. The normalized spacial score (nSPS) is 11.0. The van der Waals surface area contributed by atoms with E-state index in [0.717, 1.165) is 10.7 Å². The number of hydrogen-bond acceptors (Lipinski definition) is 5. The van der Waals surface area contributed by atoms with Crippen LogP contribution < -0.4 is 0 Å². The monoisotopic (exact) mass is 282 g/mol. The lowest BCUT2D eigenvalue weighted by atomic mass is 10.3. The van der Waals surface area contributed by atoms with Crippen molar-refractivity contribution in [2.75, 3.05) is 13.7 Å². The third-order valence-corrected chi connectivity index (χ3v) is 3.26. The predicted octanol–water partition coefficient (Wildman–Crippen LogP) is 1.87. The van der Waals surface area contributed by atoms with Gasteiger partial charge in [-0.3, -0.25) is 9.59 Å². The highest BCUT2D eigenvalue weighted by atomic mass is 32.1. The number of aryl methyl sites for hydroxylation is 1. The molecule has 0 spiro atoms. The van der Waals surface area contributed by atoms with E-state index in [1.54, 1.807) is 6.08 Å². The second-order valence-corrected chi connectivity index (χ2v) is 5.32. The van der Waals surface area contributed by atoms with Gasteiger partial charge in [0, 0.05) is 17.5 Å². The number of hydrogen-bond donors (Lipinski definition) is 0. The van der Waals surface area contributed by atoms with E-state index < -0.39 is 5.97 Å². The standard InChI is InChI=1S/C13H18N2O3S/c1-9(2)15(7-13(17)18-4)12(16)6-5-11-8-19-10(3)14-11/h5-6,8-9H,7H2,1-4H3. The Morgan fingerprint density at radius 3 is 2.68 bits per heavy atom. The Morgan fingerprint density at radius 2 is 2.21 bits per heavy atom. The average Bonchev–Trinajstić information content (AvgIpc) is 2.78. The van der Waals surface area contributed by atoms with Gasteiger partial charge in [-0.05, 0) is 26.8 Å². The number of nitrogens with zero attached hydrogens (tertiary/aromatic N) is 2. The van der Waals surface area contributed by atoms with E-state index in [1.165, 1.54) is 29.4 Å². The van der Waals surface area contributed by atoms with Gasteiger partial charge < -0.3 is 9.64 Å². The molecule has 1 heterocycles. The Hall–Kier alpha value is -1.69. The van der Waals surface area contributed by atoms with Crippen LogP contribution in [0.1, 0.15) is 24.5 Å². The highest BCUT2D eigenvalue weighted by Crippen LogP contribution is 2.10. The van der Waals surface area contributed by atoms with Gasteiger partial charge in [0.1, 0.15) is 6.54 Å². The van der Waals surface area contributed by atoms with Gasteiger partial charge in [0.05, 0.1) is 17.8 Å². The first-order valence-electron chi connectivity index (χ1n) is 5.91. The molecule has 0 aliphatic rings. The van der Waals surface area contributed by atoms with Crippen molar-refractivity contribution in [2.24, 2.45) is 0 Å². The number of esters is 1. The number of amides is 1. The van der Waals surface area contributed by atoms with Gasteiger partial charge in [-0.1, -0.05) is 0 Å². The summed E-state index contributed by atoms with van der Waals surface area (Å²) < 4.78 is 4.58. The van der Waals surface area contributed by atoms with Crippen LogP contribution in [-0.4, -0.2) is 41.5 Å². The fourth-order valence-corrected chi connectivity index (χ4v) is 2.01. The first-order valence-corrected chi connectivity index (χ1v) is 6.79. The Kier molecular flexibility index (Phi) is 5.69. The molecule has 0 radical (unpaired) electrons. The molecule has 0 aromatic carbocycles. The highest BCUT2D eigenvalue weighted by Gasteiger charge is 2.18. The molecule has 0 unspecified atom stereocenters. The quantitative estimate of drug-likeness (QED) is 0.611. The predicted molar refractivity (Wildman–Crippen MR) is 74.8 cm³/mol. The van der Waals surface area contributed by atoms with Crippen LogP contribution in [0.15, 0.2) is 11.5 Å². The third-order valence-electron chi connectivity index (χ3n) is 2.47. The van der Waals surface area contributed by atoms with Crippen molar-refractivity contribution in [3.63, 3.8) is 0 Å². The number of carbonyl (C=O) groups is 2. The van der Waals surface area contributed by atoms with Gasteiger partial charge in [-0.25, -0.2) is 4.98 Å². The lowest BCUT2D eigenvalue weighted by molar-refractivity contribution is -0.146. The molecular weight excluding hydrogens is 264 g/mol. The summed E-state index contributed by atoms with van der Waals surface area (Å²) in [5, 5.41) is 2.82. The molecule has 1 aromatic rings. The lowest BCUT2D eigenvalue weighted by Crippen LogP contribution is -2.40. The maximum atomic E-state index is 12.0. The van der Waals surface area contributed by atoms with Crippen molar-refractivity contribution in [2.45, 2.75) is 26.8 Å². The molecule has 0 aliphatic heterocycles. The van der Waals surface area contributed by atoms with Crippen LogP contribution in [0.5, 0.6) is 0 Å². The molecule has 0 N–H and O–H groups in total. The van der Waals surface area contributed by atoms with Crippen LogP contribution in [0.2, 0.25) is 0 Å². The molecule has 1 aromatic heterocycles. The Morgan fingerprint density at radius 1 is 1.53 bits per heavy atom. The van der Waals surface area contributed by atoms with Crippen LogP contribution >= 0.6 is 11.3 Å². The molecule has 19 heavy (non-hydrogen) atoms. The van der Waals surface area contributed by atoms with E-state index in [2.05, 4.69) is 9.72 Å². The maximum Gasteiger partial charge on any atom is 0.325 e. The number of methoxy groups -OCH3 is 1. The van der Waals surface area contributed by atoms with E-state index in [4.69, 9.17) is 0 Å². The highest BCUT2D eigenvalue weighted by molar-refractivity contribution is 7.09. The van der Waals surface area contributed by atoms with Gasteiger partial charge in [0.2, 0.25) is 5.91 Å². The molecule has 104 valence electrons. The zero-order valence-corrected chi connectivity index (χ0v) is 12.4. The van der Waals surface area contributed by atoms with Gasteiger partial charge >= 0.3 is 5.97 Å². The van der Waals surface area contributed by atoms with Gasteiger partial charge in [-0.2, -0.15) is 0 Å². The summed E-state index contributed by atoms with van der Waals surface area (Å²) in [7, 11) is 1.30. The lowest BCUT2D eigenvalue weighted by Gasteiger charge is -2.23. The topological polar surface area (TPSA) is 59.5 Å². The molecule has 0 saturated carbocycles. The number of carbonyl (C=O) groups excluding carboxylic acids is 2. The van der Waals surface area contributed by atoms with Crippen LogP contribution in [0.25, 0.3) is 6.08 Å². The molecule has 5 nitrogen and oxygen atoms in total. The van der Waals surface area contributed by atoms with E-state index >= 15 is 0 Å². The summed E-state index contributed by atoms with van der Waals surface area (Å²) in [4.78, 5) is 29.0. The SMILES string of the molecule is COC(=O)CN(C(=O)C=Cc1csc(C)n1)C(C)C. The van der Waals surface area contributed by atoms with Gasteiger partial charge in [0.15, 0.2) is 0 Å². The van der Waals surface area contributed by atoms with Crippen molar-refractivity contribution < 1.29 is 14.3 Å². The molecule has 1 rings (SSSR count). The number of ether oxygens (including phenoxy) is 1. The number of thiazole rings is 1. The van der Waals surface area contributed by atoms with E-state index in [-0.39, 0.29) is 18.5 Å². The summed E-state index contributed by atoms with van der Waals surface area (Å²) in [5.41, 5.74) is 0.748. The van der Waals surface area contributed by atoms with Crippen LogP contribution in [0.3, 0.4) is 0 Å². The molecule has 1 amide bonds. The van der Waals surface area contributed by atoms with Crippen molar-refractivity contribution in [1.29, 1.82) is 0 Å². The van der Waals surface area contributed by atoms with E-state index in [1.807, 2.05) is 26.2 Å². The molecule has 0 aliphatic carbocycles. The minimum absolute atomic E-state index is 0.0482. The Balaban J connectivity index is 2.72. The van der Waals surface area contributed by atoms with Crippen molar-refractivity contribution in [3.05, 3.63) is 22.2 Å². The van der Waals surface area contributed by atoms with Gasteiger partial charge in [0.25, 0.3) is 0 Å². The van der Waals surface area contributed by atoms with Crippen molar-refractivity contribution in [3.8, 4) is 0 Å². The Bertz CT molecular complexity index is 480. The summed E-state index contributed by atoms with van der Waals surface area (Å²) in [6.07, 6.45) is 3.08. The minimum Gasteiger partial charge on any atom is -0.468 e. The molecule has 0 saturated heterocycles. The largest absolute Gasteiger partial charge is 0.468 e. The Labute approximate surface area is 116 Å². The maximum absolute atomic E-state index is 12.0. The summed E-state index contributed by atoms with van der Waals surface area (Å²) in [5.74, 6) is -0.661. The molecule has 0 atom stereocenters. The first-order chi connectivity index (χ1) is 8.93. The number of rotatable bonds is 5. The van der Waals surface area contributed by atoms with Crippen LogP contribution in [0.4, 0.5) is 0 Å². The zero-order chi connectivity index (χ0) is 14.4. The summed E-state index contributed by atoms with van der Waals surface area (Å²) in [6.45, 7) is 5.55. The molecule has 6 heteroatoms. The average molecular weight is 282 g/mol. The van der Waals surface area contributed by atoms with Crippen LogP contribution in [0, 0.1) is 6.92 Å². The molecular formula is C13H18N2O3S. The minimum atomic E-state index is -0.431.